The summed E-state index contributed by atoms with van der Waals surface area (Å²) in [5, 5.41) is 4.28. The standard InChI is InChI=1S/C19H26N6O4/c1-2-28-17(26)14-13-15(21-12-22-16(13)29-23-14)24-10-6-19(7-11-24,18(20)27)25-8-4-3-5-9-25/h12H,2-11H2,1H3,(H2,20,27). The van der Waals surface area contributed by atoms with Crippen LogP contribution in [0.1, 0.15) is 49.5 Å². The normalized spacial score (nSPS) is 20.0. The fourth-order valence-corrected chi connectivity index (χ4v) is 4.48. The molecule has 10 heteroatoms. The number of primary amides is 1. The Morgan fingerprint density at radius 2 is 1.90 bits per heavy atom. The lowest BCUT2D eigenvalue weighted by atomic mass is 9.83. The summed E-state index contributed by atoms with van der Waals surface area (Å²) in [5.41, 5.74) is 5.56. The van der Waals surface area contributed by atoms with E-state index in [0.717, 1.165) is 25.9 Å². The number of esters is 1. The fraction of sp³-hybridized carbons (Fsp3) is 0.632. The van der Waals surface area contributed by atoms with Gasteiger partial charge in [-0.1, -0.05) is 11.6 Å². The molecular weight excluding hydrogens is 376 g/mol. The zero-order valence-electron chi connectivity index (χ0n) is 16.6. The van der Waals surface area contributed by atoms with Crippen LogP contribution in [0.3, 0.4) is 0 Å². The van der Waals surface area contributed by atoms with Gasteiger partial charge in [0.25, 0.3) is 5.71 Å². The Morgan fingerprint density at radius 3 is 2.55 bits per heavy atom. The number of anilines is 1. The van der Waals surface area contributed by atoms with Gasteiger partial charge in [0, 0.05) is 13.1 Å². The summed E-state index contributed by atoms with van der Waals surface area (Å²) >= 11 is 0. The van der Waals surface area contributed by atoms with Crippen molar-refractivity contribution in [1.29, 1.82) is 0 Å². The summed E-state index contributed by atoms with van der Waals surface area (Å²) in [5.74, 6) is -0.265. The lowest BCUT2D eigenvalue weighted by Gasteiger charge is -2.48. The van der Waals surface area contributed by atoms with Crippen molar-refractivity contribution in [3.8, 4) is 0 Å². The number of amides is 1. The molecule has 4 rings (SSSR count). The van der Waals surface area contributed by atoms with Gasteiger partial charge in [-0.25, -0.2) is 9.78 Å². The number of fused-ring (bicyclic) bond motifs is 1. The van der Waals surface area contributed by atoms with Crippen molar-refractivity contribution < 1.29 is 18.8 Å². The lowest BCUT2D eigenvalue weighted by Crippen LogP contribution is -2.63. The molecule has 2 fully saturated rings. The maximum absolute atomic E-state index is 12.5. The molecule has 2 aromatic heterocycles. The molecule has 0 spiro atoms. The Morgan fingerprint density at radius 1 is 1.17 bits per heavy atom. The summed E-state index contributed by atoms with van der Waals surface area (Å²) in [6.45, 7) is 4.93. The highest BCUT2D eigenvalue weighted by Crippen LogP contribution is 2.35. The molecule has 0 unspecified atom stereocenters. The number of carbonyl (C=O) groups is 2. The van der Waals surface area contributed by atoms with Gasteiger partial charge in [-0.15, -0.1) is 0 Å². The van der Waals surface area contributed by atoms with Crippen molar-refractivity contribution in [3.63, 3.8) is 0 Å². The molecule has 0 aromatic carbocycles. The summed E-state index contributed by atoms with van der Waals surface area (Å²) in [6, 6.07) is 0. The molecule has 2 aliphatic rings. The molecule has 2 aliphatic heterocycles. The first-order chi connectivity index (χ1) is 14.1. The summed E-state index contributed by atoms with van der Waals surface area (Å²) in [4.78, 5) is 37.5. The highest BCUT2D eigenvalue weighted by Gasteiger charge is 2.45. The van der Waals surface area contributed by atoms with E-state index in [1.165, 1.54) is 12.7 Å². The molecule has 0 atom stereocenters. The highest BCUT2D eigenvalue weighted by atomic mass is 16.5. The number of nitrogens with two attached hydrogens (primary N) is 1. The van der Waals surface area contributed by atoms with Gasteiger partial charge in [0.15, 0.2) is 0 Å². The van der Waals surface area contributed by atoms with E-state index in [0.29, 0.717) is 37.1 Å². The third-order valence-corrected chi connectivity index (χ3v) is 6.03. The van der Waals surface area contributed by atoms with Gasteiger partial charge in [0.2, 0.25) is 11.6 Å². The summed E-state index contributed by atoms with van der Waals surface area (Å²) < 4.78 is 10.3. The van der Waals surface area contributed by atoms with Gasteiger partial charge in [0.1, 0.15) is 23.1 Å². The maximum Gasteiger partial charge on any atom is 0.361 e. The van der Waals surface area contributed by atoms with Crippen molar-refractivity contribution >= 4 is 28.8 Å². The Kier molecular flexibility index (Phi) is 5.35. The quantitative estimate of drug-likeness (QED) is 0.731. The van der Waals surface area contributed by atoms with Gasteiger partial charge in [-0.3, -0.25) is 9.69 Å². The third kappa shape index (κ3) is 3.41. The van der Waals surface area contributed by atoms with Crippen LogP contribution in [0.5, 0.6) is 0 Å². The van der Waals surface area contributed by atoms with Crippen molar-refractivity contribution in [2.24, 2.45) is 5.73 Å². The first-order valence-electron chi connectivity index (χ1n) is 10.1. The van der Waals surface area contributed by atoms with E-state index in [1.807, 2.05) is 4.90 Å². The van der Waals surface area contributed by atoms with E-state index < -0.39 is 11.5 Å². The number of likely N-dealkylation sites (tertiary alicyclic amines) is 1. The molecule has 4 heterocycles. The molecular formula is C19H26N6O4. The molecule has 29 heavy (non-hydrogen) atoms. The zero-order chi connectivity index (χ0) is 20.4. The minimum atomic E-state index is -0.623. The smallest absolute Gasteiger partial charge is 0.361 e. The van der Waals surface area contributed by atoms with Crippen molar-refractivity contribution in [1.82, 2.24) is 20.0 Å². The Balaban J connectivity index is 1.61. The second-order valence-corrected chi connectivity index (χ2v) is 7.56. The van der Waals surface area contributed by atoms with E-state index in [4.69, 9.17) is 15.0 Å². The monoisotopic (exact) mass is 402 g/mol. The molecule has 2 saturated heterocycles. The number of hydrogen-bond acceptors (Lipinski definition) is 9. The van der Waals surface area contributed by atoms with E-state index in [-0.39, 0.29) is 23.9 Å². The summed E-state index contributed by atoms with van der Waals surface area (Å²) in [6.07, 6.45) is 5.98. The fourth-order valence-electron chi connectivity index (χ4n) is 4.48. The van der Waals surface area contributed by atoms with Gasteiger partial charge in [-0.05, 0) is 45.7 Å². The minimum Gasteiger partial charge on any atom is -0.461 e. The molecule has 156 valence electrons. The average molecular weight is 402 g/mol. The Bertz CT molecular complexity index is 899. The number of hydrogen-bond donors (Lipinski definition) is 1. The highest BCUT2D eigenvalue weighted by molar-refractivity contribution is 6.04. The van der Waals surface area contributed by atoms with Crippen LogP contribution in [0, 0.1) is 0 Å². The first-order valence-corrected chi connectivity index (χ1v) is 10.1. The van der Waals surface area contributed by atoms with Crippen LogP contribution in [-0.4, -0.2) is 70.2 Å². The van der Waals surface area contributed by atoms with E-state index in [2.05, 4.69) is 20.0 Å². The number of carbonyl (C=O) groups excluding carboxylic acids is 2. The molecule has 2 aromatic rings. The van der Waals surface area contributed by atoms with Gasteiger partial charge >= 0.3 is 5.97 Å². The van der Waals surface area contributed by atoms with Crippen LogP contribution in [-0.2, 0) is 9.53 Å². The first kappa shape index (κ1) is 19.6. The summed E-state index contributed by atoms with van der Waals surface area (Å²) in [7, 11) is 0. The number of rotatable bonds is 5. The zero-order valence-corrected chi connectivity index (χ0v) is 16.6. The van der Waals surface area contributed by atoms with Crippen LogP contribution in [0.25, 0.3) is 11.1 Å². The third-order valence-electron chi connectivity index (χ3n) is 6.03. The van der Waals surface area contributed by atoms with Crippen LogP contribution < -0.4 is 10.6 Å². The largest absolute Gasteiger partial charge is 0.461 e. The number of nitrogens with zero attached hydrogens (tertiary/aromatic N) is 5. The van der Waals surface area contributed by atoms with Gasteiger partial charge < -0.3 is 19.9 Å². The predicted octanol–water partition coefficient (Wildman–Crippen LogP) is 1.10. The van der Waals surface area contributed by atoms with Crippen LogP contribution in [0.4, 0.5) is 5.82 Å². The molecule has 0 aliphatic carbocycles. The van der Waals surface area contributed by atoms with Crippen LogP contribution in [0.2, 0.25) is 0 Å². The molecule has 0 saturated carbocycles. The molecule has 10 nitrogen and oxygen atoms in total. The van der Waals surface area contributed by atoms with Crippen LogP contribution >= 0.6 is 0 Å². The lowest BCUT2D eigenvalue weighted by molar-refractivity contribution is -0.132. The van der Waals surface area contributed by atoms with E-state index in [9.17, 15) is 9.59 Å². The van der Waals surface area contributed by atoms with Crippen molar-refractivity contribution in [2.75, 3.05) is 37.7 Å². The number of ether oxygens (including phenoxy) is 1. The van der Waals surface area contributed by atoms with E-state index in [1.54, 1.807) is 6.92 Å². The Labute approximate surface area is 168 Å². The van der Waals surface area contributed by atoms with E-state index >= 15 is 0 Å². The second-order valence-electron chi connectivity index (χ2n) is 7.56. The maximum atomic E-state index is 12.5. The average Bonchev–Trinajstić information content (AvgIpc) is 3.19. The number of aromatic nitrogens is 3. The van der Waals surface area contributed by atoms with Gasteiger partial charge in [0.05, 0.1) is 6.61 Å². The minimum absolute atomic E-state index is 0.0696. The molecule has 0 bridgehead atoms. The molecule has 1 amide bonds. The molecule has 0 radical (unpaired) electrons. The van der Waals surface area contributed by atoms with Crippen LogP contribution in [0.15, 0.2) is 10.9 Å². The number of piperidine rings is 2. The van der Waals surface area contributed by atoms with Crippen molar-refractivity contribution in [3.05, 3.63) is 12.0 Å². The molecule has 2 N–H and O–H groups in total. The predicted molar refractivity (Wildman–Crippen MR) is 104 cm³/mol. The SMILES string of the molecule is CCOC(=O)c1noc2ncnc(N3CCC(C(N)=O)(N4CCCCC4)CC3)c12. The van der Waals surface area contributed by atoms with Gasteiger partial charge in [-0.2, -0.15) is 4.98 Å². The second kappa shape index (κ2) is 7.94. The van der Waals surface area contributed by atoms with Crippen molar-refractivity contribution in [2.45, 2.75) is 44.6 Å². The Hall–Kier alpha value is -2.75. The topological polar surface area (TPSA) is 128 Å².